The van der Waals surface area contributed by atoms with Crippen LogP contribution in [0.3, 0.4) is 0 Å². The molecule has 1 saturated heterocycles. The molecule has 0 radical (unpaired) electrons. The number of ether oxygens (including phenoxy) is 1. The van der Waals surface area contributed by atoms with Crippen LogP contribution in [0.2, 0.25) is 0 Å². The van der Waals surface area contributed by atoms with Crippen LogP contribution in [0.1, 0.15) is 24.8 Å². The zero-order valence-corrected chi connectivity index (χ0v) is 13.9. The molecule has 5 heteroatoms. The topological polar surface area (TPSA) is 50.4 Å². The van der Waals surface area contributed by atoms with Crippen molar-refractivity contribution >= 4 is 17.8 Å². The maximum absolute atomic E-state index is 11.7. The van der Waals surface area contributed by atoms with Crippen LogP contribution < -0.4 is 10.6 Å². The van der Waals surface area contributed by atoms with Gasteiger partial charge in [-0.1, -0.05) is 30.3 Å². The van der Waals surface area contributed by atoms with E-state index in [1.54, 1.807) is 0 Å². The lowest BCUT2D eigenvalue weighted by Gasteiger charge is -2.21. The van der Waals surface area contributed by atoms with E-state index in [4.69, 9.17) is 4.74 Å². The van der Waals surface area contributed by atoms with E-state index in [1.165, 1.54) is 5.56 Å². The number of benzene rings is 1. The van der Waals surface area contributed by atoms with Crippen LogP contribution in [0, 0.1) is 0 Å². The minimum Gasteiger partial charge on any atom is -0.381 e. The SMILES string of the molecule is O=C(NCCCc1ccccc1)NCCSC1CCOCC1. The fraction of sp³-hybridized carbons (Fsp3) is 0.588. The van der Waals surface area contributed by atoms with E-state index in [1.807, 2.05) is 30.0 Å². The minimum atomic E-state index is -0.0550. The molecule has 4 nitrogen and oxygen atoms in total. The lowest BCUT2D eigenvalue weighted by atomic mass is 10.1. The molecule has 0 unspecified atom stereocenters. The molecule has 1 aliphatic heterocycles. The summed E-state index contributed by atoms with van der Waals surface area (Å²) in [4.78, 5) is 11.7. The Kier molecular flexibility index (Phi) is 8.20. The Balaban J connectivity index is 1.44. The van der Waals surface area contributed by atoms with Crippen LogP contribution in [0.15, 0.2) is 30.3 Å². The third-order valence-corrected chi connectivity index (χ3v) is 5.06. The minimum absolute atomic E-state index is 0.0550. The Bertz CT molecular complexity index is 422. The Morgan fingerprint density at radius 3 is 2.64 bits per heavy atom. The summed E-state index contributed by atoms with van der Waals surface area (Å²) in [7, 11) is 0. The van der Waals surface area contributed by atoms with E-state index in [2.05, 4.69) is 22.8 Å². The van der Waals surface area contributed by atoms with Crippen LogP contribution >= 0.6 is 11.8 Å². The Morgan fingerprint density at radius 2 is 1.86 bits per heavy atom. The van der Waals surface area contributed by atoms with Gasteiger partial charge in [0.1, 0.15) is 0 Å². The second kappa shape index (κ2) is 10.5. The van der Waals surface area contributed by atoms with Gasteiger partial charge in [-0.05, 0) is 31.2 Å². The molecule has 0 atom stereocenters. The van der Waals surface area contributed by atoms with E-state index >= 15 is 0 Å². The van der Waals surface area contributed by atoms with Gasteiger partial charge < -0.3 is 15.4 Å². The average molecular weight is 322 g/mol. The van der Waals surface area contributed by atoms with Crippen molar-refractivity contribution in [1.29, 1.82) is 0 Å². The highest BCUT2D eigenvalue weighted by molar-refractivity contribution is 7.99. The van der Waals surface area contributed by atoms with E-state index < -0.39 is 0 Å². The average Bonchev–Trinajstić information content (AvgIpc) is 2.57. The van der Waals surface area contributed by atoms with Gasteiger partial charge in [0, 0.05) is 37.3 Å². The lowest BCUT2D eigenvalue weighted by Crippen LogP contribution is -2.37. The molecule has 122 valence electrons. The summed E-state index contributed by atoms with van der Waals surface area (Å²) in [5.41, 5.74) is 1.32. The summed E-state index contributed by atoms with van der Waals surface area (Å²) < 4.78 is 5.34. The number of thioether (sulfide) groups is 1. The summed E-state index contributed by atoms with van der Waals surface area (Å²) >= 11 is 1.94. The van der Waals surface area contributed by atoms with Crippen molar-refractivity contribution in [3.05, 3.63) is 35.9 Å². The number of carbonyl (C=O) groups excluding carboxylic acids is 1. The molecule has 2 amide bonds. The quantitative estimate of drug-likeness (QED) is 0.724. The van der Waals surface area contributed by atoms with Gasteiger partial charge in [-0.2, -0.15) is 11.8 Å². The smallest absolute Gasteiger partial charge is 0.314 e. The second-order valence-electron chi connectivity index (χ2n) is 5.45. The van der Waals surface area contributed by atoms with Gasteiger partial charge in [-0.25, -0.2) is 4.79 Å². The third kappa shape index (κ3) is 7.18. The highest BCUT2D eigenvalue weighted by atomic mass is 32.2. The van der Waals surface area contributed by atoms with Gasteiger partial charge in [0.15, 0.2) is 0 Å². The molecule has 1 aromatic rings. The fourth-order valence-electron chi connectivity index (χ4n) is 2.43. The molecule has 2 N–H and O–H groups in total. The highest BCUT2D eigenvalue weighted by Gasteiger charge is 2.13. The first-order chi connectivity index (χ1) is 10.8. The first-order valence-corrected chi connectivity index (χ1v) is 9.14. The molecule has 0 bridgehead atoms. The summed E-state index contributed by atoms with van der Waals surface area (Å²) in [5.74, 6) is 0.974. The first-order valence-electron chi connectivity index (χ1n) is 8.09. The van der Waals surface area contributed by atoms with Crippen molar-refractivity contribution in [1.82, 2.24) is 10.6 Å². The molecule has 1 fully saturated rings. The van der Waals surface area contributed by atoms with Crippen molar-refractivity contribution < 1.29 is 9.53 Å². The molecular weight excluding hydrogens is 296 g/mol. The monoisotopic (exact) mass is 322 g/mol. The largest absolute Gasteiger partial charge is 0.381 e. The Hall–Kier alpha value is -1.20. The molecule has 0 aromatic heterocycles. The van der Waals surface area contributed by atoms with Gasteiger partial charge in [-0.15, -0.1) is 0 Å². The van der Waals surface area contributed by atoms with Gasteiger partial charge in [-0.3, -0.25) is 0 Å². The number of rotatable bonds is 8. The number of carbonyl (C=O) groups is 1. The normalized spacial score (nSPS) is 15.5. The molecule has 0 spiro atoms. The Morgan fingerprint density at radius 1 is 1.14 bits per heavy atom. The van der Waals surface area contributed by atoms with Gasteiger partial charge in [0.05, 0.1) is 0 Å². The van der Waals surface area contributed by atoms with Crippen molar-refractivity contribution in [2.24, 2.45) is 0 Å². The molecule has 0 saturated carbocycles. The summed E-state index contributed by atoms with van der Waals surface area (Å²) in [6, 6.07) is 10.3. The highest BCUT2D eigenvalue weighted by Crippen LogP contribution is 2.21. The zero-order valence-electron chi connectivity index (χ0n) is 13.1. The van der Waals surface area contributed by atoms with Gasteiger partial charge in [0.25, 0.3) is 0 Å². The van der Waals surface area contributed by atoms with Crippen molar-refractivity contribution in [2.75, 3.05) is 32.1 Å². The van der Waals surface area contributed by atoms with Crippen molar-refractivity contribution in [2.45, 2.75) is 30.9 Å². The van der Waals surface area contributed by atoms with E-state index in [9.17, 15) is 4.79 Å². The molecular formula is C17H26N2O2S. The lowest BCUT2D eigenvalue weighted by molar-refractivity contribution is 0.100. The summed E-state index contributed by atoms with van der Waals surface area (Å²) in [5, 5.41) is 6.53. The van der Waals surface area contributed by atoms with Crippen LogP contribution in [-0.2, 0) is 11.2 Å². The molecule has 22 heavy (non-hydrogen) atoms. The number of nitrogens with one attached hydrogen (secondary N) is 2. The molecule has 1 heterocycles. The predicted molar refractivity (Wildman–Crippen MR) is 92.5 cm³/mol. The second-order valence-corrected chi connectivity index (χ2v) is 6.86. The predicted octanol–water partition coefficient (Wildman–Crippen LogP) is 2.83. The van der Waals surface area contributed by atoms with E-state index in [0.717, 1.165) is 51.2 Å². The van der Waals surface area contributed by atoms with Crippen molar-refractivity contribution in [3.63, 3.8) is 0 Å². The fourth-order valence-corrected chi connectivity index (χ4v) is 3.51. The maximum atomic E-state index is 11.7. The van der Waals surface area contributed by atoms with Gasteiger partial charge in [0.2, 0.25) is 0 Å². The van der Waals surface area contributed by atoms with E-state index in [-0.39, 0.29) is 6.03 Å². The number of hydrogen-bond acceptors (Lipinski definition) is 3. The molecule has 1 aliphatic rings. The van der Waals surface area contributed by atoms with Crippen LogP contribution in [-0.4, -0.2) is 43.3 Å². The standard InChI is InChI=1S/C17H26N2O2S/c20-17(18-10-4-7-15-5-2-1-3-6-15)19-11-14-22-16-8-12-21-13-9-16/h1-3,5-6,16H,4,7-14H2,(H2,18,19,20). The number of hydrogen-bond donors (Lipinski definition) is 2. The maximum Gasteiger partial charge on any atom is 0.314 e. The van der Waals surface area contributed by atoms with E-state index in [0.29, 0.717) is 11.8 Å². The van der Waals surface area contributed by atoms with Gasteiger partial charge >= 0.3 is 6.03 Å². The zero-order chi connectivity index (χ0) is 15.5. The molecule has 1 aromatic carbocycles. The number of amides is 2. The Labute approximate surface area is 137 Å². The molecule has 0 aliphatic carbocycles. The number of urea groups is 1. The first kappa shape index (κ1) is 17.2. The summed E-state index contributed by atoms with van der Waals surface area (Å²) in [6.07, 6.45) is 4.24. The van der Waals surface area contributed by atoms with Crippen molar-refractivity contribution in [3.8, 4) is 0 Å². The van der Waals surface area contributed by atoms with Crippen LogP contribution in [0.25, 0.3) is 0 Å². The van der Waals surface area contributed by atoms with Crippen LogP contribution in [0.5, 0.6) is 0 Å². The third-order valence-electron chi connectivity index (χ3n) is 3.68. The summed E-state index contributed by atoms with van der Waals surface area (Å²) in [6.45, 7) is 3.21. The molecule has 2 rings (SSSR count). The van der Waals surface area contributed by atoms with Crippen LogP contribution in [0.4, 0.5) is 4.79 Å². The number of aryl methyl sites for hydroxylation is 1.